The van der Waals surface area contributed by atoms with Crippen LogP contribution in [0.5, 0.6) is 0 Å². The Kier molecular flexibility index (Phi) is 4.09. The summed E-state index contributed by atoms with van der Waals surface area (Å²) in [5.74, 6) is 0.830. The molecule has 4 rings (SSSR count). The van der Waals surface area contributed by atoms with Crippen molar-refractivity contribution in [1.29, 1.82) is 0 Å². The Morgan fingerprint density at radius 3 is 2.84 bits per heavy atom. The largest absolute Gasteiger partial charge is 0.340 e. The van der Waals surface area contributed by atoms with Crippen LogP contribution < -0.4 is 10.2 Å². The second kappa shape index (κ2) is 6.55. The van der Waals surface area contributed by atoms with Crippen molar-refractivity contribution in [3.05, 3.63) is 54.2 Å². The molecule has 1 atom stereocenters. The number of aryl methyl sites for hydroxylation is 1. The number of hydrogen-bond acceptors (Lipinski definition) is 4. The van der Waals surface area contributed by atoms with E-state index in [0.29, 0.717) is 6.54 Å². The highest BCUT2D eigenvalue weighted by Gasteiger charge is 2.28. The number of benzene rings is 1. The van der Waals surface area contributed by atoms with E-state index in [1.165, 1.54) is 5.56 Å². The molecule has 1 saturated heterocycles. The van der Waals surface area contributed by atoms with Gasteiger partial charge < -0.3 is 10.2 Å². The van der Waals surface area contributed by atoms with E-state index in [1.54, 1.807) is 0 Å². The fourth-order valence-electron chi connectivity index (χ4n) is 3.30. The molecule has 6 heteroatoms. The van der Waals surface area contributed by atoms with Gasteiger partial charge in [-0.25, -0.2) is 0 Å². The number of pyridine rings is 1. The van der Waals surface area contributed by atoms with E-state index in [4.69, 9.17) is 0 Å². The van der Waals surface area contributed by atoms with Gasteiger partial charge in [-0.3, -0.25) is 9.20 Å². The predicted octanol–water partition coefficient (Wildman–Crippen LogP) is 2.89. The van der Waals surface area contributed by atoms with Crippen molar-refractivity contribution in [2.24, 2.45) is 5.92 Å². The molecule has 3 heterocycles. The van der Waals surface area contributed by atoms with Crippen LogP contribution in [0.3, 0.4) is 0 Å². The number of carbonyl (C=O) groups excluding carboxylic acids is 1. The first-order valence-corrected chi connectivity index (χ1v) is 8.63. The Balaban J connectivity index is 1.49. The van der Waals surface area contributed by atoms with Crippen LogP contribution in [0.25, 0.3) is 5.65 Å². The number of fused-ring (bicyclic) bond motifs is 1. The molecule has 1 amide bonds. The molecule has 1 N–H and O–H groups in total. The highest BCUT2D eigenvalue weighted by molar-refractivity contribution is 5.93. The molecule has 1 fully saturated rings. The molecule has 0 saturated carbocycles. The molecule has 0 spiro atoms. The van der Waals surface area contributed by atoms with Crippen molar-refractivity contribution in [2.45, 2.75) is 19.8 Å². The number of anilines is 2. The monoisotopic (exact) mass is 335 g/mol. The maximum atomic E-state index is 12.7. The number of carbonyl (C=O) groups is 1. The average molecular weight is 335 g/mol. The molecule has 1 aliphatic rings. The zero-order valence-electron chi connectivity index (χ0n) is 14.2. The normalized spacial score (nSPS) is 17.6. The quantitative estimate of drug-likeness (QED) is 0.799. The molecule has 0 unspecified atom stereocenters. The van der Waals surface area contributed by atoms with Gasteiger partial charge in [0.2, 0.25) is 11.9 Å². The maximum Gasteiger partial charge on any atom is 0.231 e. The minimum atomic E-state index is -0.0499. The Morgan fingerprint density at radius 1 is 1.16 bits per heavy atom. The minimum Gasteiger partial charge on any atom is -0.340 e. The summed E-state index contributed by atoms with van der Waals surface area (Å²) in [7, 11) is 0. The lowest BCUT2D eigenvalue weighted by Gasteiger charge is -2.32. The van der Waals surface area contributed by atoms with Gasteiger partial charge in [0.05, 0.1) is 5.92 Å². The summed E-state index contributed by atoms with van der Waals surface area (Å²) in [6.45, 7) is 3.59. The molecule has 6 nitrogen and oxygen atoms in total. The number of piperidine rings is 1. The van der Waals surface area contributed by atoms with Crippen molar-refractivity contribution in [1.82, 2.24) is 14.6 Å². The molecule has 1 aromatic carbocycles. The molecular formula is C19H21N5O. The Labute approximate surface area is 146 Å². The summed E-state index contributed by atoms with van der Waals surface area (Å²) in [4.78, 5) is 14.8. The van der Waals surface area contributed by atoms with Gasteiger partial charge in [0, 0.05) is 25.0 Å². The minimum absolute atomic E-state index is 0.0499. The molecule has 0 bridgehead atoms. The van der Waals surface area contributed by atoms with Crippen LogP contribution in [0, 0.1) is 12.8 Å². The van der Waals surface area contributed by atoms with E-state index in [0.717, 1.165) is 36.7 Å². The third-order valence-electron chi connectivity index (χ3n) is 4.69. The smallest absolute Gasteiger partial charge is 0.231 e. The summed E-state index contributed by atoms with van der Waals surface area (Å²) in [6.07, 6.45) is 3.82. The van der Waals surface area contributed by atoms with Gasteiger partial charge in [-0.05, 0) is 44.0 Å². The van der Waals surface area contributed by atoms with Crippen LogP contribution >= 0.6 is 0 Å². The third-order valence-corrected chi connectivity index (χ3v) is 4.69. The summed E-state index contributed by atoms with van der Waals surface area (Å²) in [5, 5.41) is 11.6. The number of amides is 1. The molecule has 0 aliphatic carbocycles. The van der Waals surface area contributed by atoms with Gasteiger partial charge in [0.1, 0.15) is 0 Å². The maximum absolute atomic E-state index is 12.7. The summed E-state index contributed by atoms with van der Waals surface area (Å²) in [5.41, 5.74) is 2.85. The number of nitrogens with one attached hydrogen (secondary N) is 1. The highest BCUT2D eigenvalue weighted by Crippen LogP contribution is 2.23. The Morgan fingerprint density at radius 2 is 2.00 bits per heavy atom. The van der Waals surface area contributed by atoms with E-state index in [9.17, 15) is 4.79 Å². The zero-order chi connectivity index (χ0) is 17.2. The predicted molar refractivity (Wildman–Crippen MR) is 97.7 cm³/mol. The number of nitrogens with zero attached hydrogens (tertiary/aromatic N) is 4. The molecule has 2 aromatic heterocycles. The summed E-state index contributed by atoms with van der Waals surface area (Å²) in [6, 6.07) is 13.7. The molecule has 1 aliphatic heterocycles. The fourth-order valence-corrected chi connectivity index (χ4v) is 3.30. The topological polar surface area (TPSA) is 62.5 Å². The molecule has 128 valence electrons. The second-order valence-electron chi connectivity index (χ2n) is 6.57. The van der Waals surface area contributed by atoms with Crippen LogP contribution in [0.1, 0.15) is 18.4 Å². The van der Waals surface area contributed by atoms with Crippen molar-refractivity contribution in [3.63, 3.8) is 0 Å². The van der Waals surface area contributed by atoms with Gasteiger partial charge in [-0.15, -0.1) is 10.2 Å². The van der Waals surface area contributed by atoms with Crippen molar-refractivity contribution in [3.8, 4) is 0 Å². The molecular weight excluding hydrogens is 314 g/mol. The number of rotatable bonds is 3. The average Bonchev–Trinajstić information content (AvgIpc) is 3.08. The zero-order valence-corrected chi connectivity index (χ0v) is 14.2. The van der Waals surface area contributed by atoms with Crippen molar-refractivity contribution >= 4 is 23.2 Å². The molecule has 3 aromatic rings. The van der Waals surface area contributed by atoms with Crippen molar-refractivity contribution < 1.29 is 4.79 Å². The first-order chi connectivity index (χ1) is 12.2. The van der Waals surface area contributed by atoms with Crippen LogP contribution in [-0.4, -0.2) is 33.6 Å². The first-order valence-electron chi connectivity index (χ1n) is 8.63. The van der Waals surface area contributed by atoms with E-state index in [2.05, 4.69) is 20.4 Å². The van der Waals surface area contributed by atoms with Crippen LogP contribution in [-0.2, 0) is 4.79 Å². The lowest BCUT2D eigenvalue weighted by atomic mass is 9.97. The molecule has 0 radical (unpaired) electrons. The third kappa shape index (κ3) is 3.20. The van der Waals surface area contributed by atoms with Crippen LogP contribution in [0.2, 0.25) is 0 Å². The molecule has 25 heavy (non-hydrogen) atoms. The van der Waals surface area contributed by atoms with E-state index >= 15 is 0 Å². The van der Waals surface area contributed by atoms with Gasteiger partial charge in [0.25, 0.3) is 0 Å². The van der Waals surface area contributed by atoms with E-state index in [1.807, 2.05) is 60.0 Å². The van der Waals surface area contributed by atoms with Crippen LogP contribution in [0.15, 0.2) is 48.7 Å². The Hall–Kier alpha value is -2.89. The SMILES string of the molecule is Cc1ccc(NC(=O)[C@H]2CCCN(c3nnc4ccccn34)C2)cc1. The lowest BCUT2D eigenvalue weighted by Crippen LogP contribution is -2.41. The number of aromatic nitrogens is 3. The Bertz CT molecular complexity index is 886. The van der Waals surface area contributed by atoms with Gasteiger partial charge in [-0.2, -0.15) is 0 Å². The first kappa shape index (κ1) is 15.6. The van der Waals surface area contributed by atoms with Crippen LogP contribution in [0.4, 0.5) is 11.6 Å². The van der Waals surface area contributed by atoms with E-state index < -0.39 is 0 Å². The van der Waals surface area contributed by atoms with Gasteiger partial charge >= 0.3 is 0 Å². The number of hydrogen-bond donors (Lipinski definition) is 1. The van der Waals surface area contributed by atoms with Crippen molar-refractivity contribution in [2.75, 3.05) is 23.3 Å². The fraction of sp³-hybridized carbons (Fsp3) is 0.316. The lowest BCUT2D eigenvalue weighted by molar-refractivity contribution is -0.120. The summed E-state index contributed by atoms with van der Waals surface area (Å²) >= 11 is 0. The van der Waals surface area contributed by atoms with Gasteiger partial charge in [-0.1, -0.05) is 23.8 Å². The standard InChI is InChI=1S/C19H21N5O/c1-14-7-9-16(10-8-14)20-18(25)15-5-4-11-23(13-15)19-22-21-17-6-2-3-12-24(17)19/h2-3,6-10,12,15H,4-5,11,13H2,1H3,(H,20,25)/t15-/m0/s1. The van der Waals surface area contributed by atoms with E-state index in [-0.39, 0.29) is 11.8 Å². The summed E-state index contributed by atoms with van der Waals surface area (Å²) < 4.78 is 1.97. The second-order valence-corrected chi connectivity index (χ2v) is 6.57. The highest BCUT2D eigenvalue weighted by atomic mass is 16.1. The van der Waals surface area contributed by atoms with Gasteiger partial charge in [0.15, 0.2) is 5.65 Å².